The fraction of sp³-hybridized carbons (Fsp3) is 0.467. The summed E-state index contributed by atoms with van der Waals surface area (Å²) in [6, 6.07) is 7.99. The Morgan fingerprint density at radius 2 is 2.24 bits per heavy atom. The van der Waals surface area contributed by atoms with Gasteiger partial charge in [-0.05, 0) is 31.9 Å². The van der Waals surface area contributed by atoms with E-state index in [0.717, 1.165) is 49.3 Å². The SMILES string of the molecule is CCN(CC1CCCO1)c1nc(NN)nc2ccccc12. The molecule has 6 heteroatoms. The number of rotatable bonds is 5. The van der Waals surface area contributed by atoms with Crippen LogP contribution in [0, 0.1) is 0 Å². The second kappa shape index (κ2) is 6.24. The lowest BCUT2D eigenvalue weighted by Crippen LogP contribution is -2.33. The van der Waals surface area contributed by atoms with Crippen LogP contribution < -0.4 is 16.2 Å². The van der Waals surface area contributed by atoms with E-state index < -0.39 is 0 Å². The van der Waals surface area contributed by atoms with Gasteiger partial charge in [0.2, 0.25) is 5.95 Å². The van der Waals surface area contributed by atoms with E-state index in [9.17, 15) is 0 Å². The number of nitrogens with zero attached hydrogens (tertiary/aromatic N) is 3. The van der Waals surface area contributed by atoms with Crippen LogP contribution in [0.15, 0.2) is 24.3 Å². The number of hydrazine groups is 1. The largest absolute Gasteiger partial charge is 0.376 e. The minimum absolute atomic E-state index is 0.285. The smallest absolute Gasteiger partial charge is 0.239 e. The number of fused-ring (bicyclic) bond motifs is 1. The van der Waals surface area contributed by atoms with Crippen molar-refractivity contribution < 1.29 is 4.74 Å². The Morgan fingerprint density at radius 1 is 1.38 bits per heavy atom. The maximum absolute atomic E-state index is 5.75. The lowest BCUT2D eigenvalue weighted by atomic mass is 10.2. The fourth-order valence-electron chi connectivity index (χ4n) is 2.76. The number of aromatic nitrogens is 2. The summed E-state index contributed by atoms with van der Waals surface area (Å²) < 4.78 is 5.75. The van der Waals surface area contributed by atoms with Gasteiger partial charge in [-0.2, -0.15) is 4.98 Å². The number of para-hydroxylation sites is 1. The molecule has 3 N–H and O–H groups in total. The van der Waals surface area contributed by atoms with Crippen LogP contribution in [0.3, 0.4) is 0 Å². The number of anilines is 2. The molecule has 1 atom stereocenters. The highest BCUT2D eigenvalue weighted by Crippen LogP contribution is 2.26. The van der Waals surface area contributed by atoms with Gasteiger partial charge < -0.3 is 9.64 Å². The zero-order valence-corrected chi connectivity index (χ0v) is 12.2. The number of nitrogens with one attached hydrogen (secondary N) is 1. The summed E-state index contributed by atoms with van der Waals surface area (Å²) in [5.41, 5.74) is 3.44. The van der Waals surface area contributed by atoms with Gasteiger partial charge in [0.1, 0.15) is 5.82 Å². The van der Waals surface area contributed by atoms with E-state index in [1.807, 2.05) is 24.3 Å². The molecular formula is C15H21N5O. The van der Waals surface area contributed by atoms with Crippen molar-refractivity contribution >= 4 is 22.7 Å². The summed E-state index contributed by atoms with van der Waals surface area (Å²) in [5, 5.41) is 1.04. The highest BCUT2D eigenvalue weighted by molar-refractivity contribution is 5.90. The molecule has 1 saturated heterocycles. The number of ether oxygens (including phenoxy) is 1. The van der Waals surface area contributed by atoms with Crippen LogP contribution in [-0.2, 0) is 4.74 Å². The third kappa shape index (κ3) is 2.91. The van der Waals surface area contributed by atoms with E-state index in [0.29, 0.717) is 5.95 Å². The first kappa shape index (κ1) is 14.0. The summed E-state index contributed by atoms with van der Waals surface area (Å²) in [5.74, 6) is 6.84. The average Bonchev–Trinajstić information content (AvgIpc) is 3.04. The van der Waals surface area contributed by atoms with Crippen molar-refractivity contribution in [3.63, 3.8) is 0 Å². The molecule has 0 amide bonds. The molecule has 112 valence electrons. The highest BCUT2D eigenvalue weighted by atomic mass is 16.5. The van der Waals surface area contributed by atoms with Crippen molar-refractivity contribution in [2.45, 2.75) is 25.9 Å². The molecular weight excluding hydrogens is 266 g/mol. The van der Waals surface area contributed by atoms with Gasteiger partial charge in [-0.1, -0.05) is 12.1 Å². The molecule has 1 aliphatic heterocycles. The van der Waals surface area contributed by atoms with Crippen molar-refractivity contribution in [3.05, 3.63) is 24.3 Å². The third-order valence-electron chi connectivity index (χ3n) is 3.84. The highest BCUT2D eigenvalue weighted by Gasteiger charge is 2.21. The van der Waals surface area contributed by atoms with Crippen LogP contribution in [0.1, 0.15) is 19.8 Å². The number of benzene rings is 1. The topological polar surface area (TPSA) is 76.3 Å². The summed E-state index contributed by atoms with van der Waals surface area (Å²) >= 11 is 0. The van der Waals surface area contributed by atoms with Gasteiger partial charge in [0.25, 0.3) is 0 Å². The molecule has 0 spiro atoms. The van der Waals surface area contributed by atoms with Crippen molar-refractivity contribution in [2.75, 3.05) is 30.0 Å². The number of likely N-dealkylation sites (N-methyl/N-ethyl adjacent to an activating group) is 1. The molecule has 2 aromatic rings. The molecule has 0 aliphatic carbocycles. The van der Waals surface area contributed by atoms with Crippen LogP contribution in [0.4, 0.5) is 11.8 Å². The summed E-state index contributed by atoms with van der Waals surface area (Å²) in [7, 11) is 0. The number of nitrogens with two attached hydrogens (primary N) is 1. The Kier molecular flexibility index (Phi) is 4.17. The van der Waals surface area contributed by atoms with E-state index in [-0.39, 0.29) is 6.10 Å². The summed E-state index contributed by atoms with van der Waals surface area (Å²) in [6.45, 7) is 4.70. The molecule has 0 saturated carbocycles. The zero-order valence-electron chi connectivity index (χ0n) is 12.2. The first-order valence-corrected chi connectivity index (χ1v) is 7.41. The Morgan fingerprint density at radius 3 is 2.95 bits per heavy atom. The maximum Gasteiger partial charge on any atom is 0.239 e. The molecule has 2 heterocycles. The number of hydrogen-bond donors (Lipinski definition) is 2. The first-order valence-electron chi connectivity index (χ1n) is 7.41. The molecule has 0 bridgehead atoms. The van der Waals surface area contributed by atoms with Crippen molar-refractivity contribution in [1.29, 1.82) is 0 Å². The third-order valence-corrected chi connectivity index (χ3v) is 3.84. The van der Waals surface area contributed by atoms with Gasteiger partial charge >= 0.3 is 0 Å². The summed E-state index contributed by atoms with van der Waals surface area (Å²) in [4.78, 5) is 11.2. The van der Waals surface area contributed by atoms with Crippen LogP contribution in [0.5, 0.6) is 0 Å². The van der Waals surface area contributed by atoms with Gasteiger partial charge in [-0.3, -0.25) is 5.43 Å². The van der Waals surface area contributed by atoms with Crippen molar-refractivity contribution in [1.82, 2.24) is 9.97 Å². The monoisotopic (exact) mass is 287 g/mol. The van der Waals surface area contributed by atoms with E-state index in [1.54, 1.807) is 0 Å². The van der Waals surface area contributed by atoms with Crippen molar-refractivity contribution in [3.8, 4) is 0 Å². The zero-order chi connectivity index (χ0) is 14.7. The predicted molar refractivity (Wildman–Crippen MR) is 84.2 cm³/mol. The molecule has 1 aliphatic rings. The minimum atomic E-state index is 0.285. The lowest BCUT2D eigenvalue weighted by Gasteiger charge is -2.26. The van der Waals surface area contributed by atoms with Gasteiger partial charge in [-0.15, -0.1) is 0 Å². The van der Waals surface area contributed by atoms with Crippen molar-refractivity contribution in [2.24, 2.45) is 5.84 Å². The molecule has 0 radical (unpaired) electrons. The molecule has 21 heavy (non-hydrogen) atoms. The first-order chi connectivity index (χ1) is 10.3. The Balaban J connectivity index is 1.99. The molecule has 1 aromatic carbocycles. The maximum atomic E-state index is 5.75. The molecule has 1 fully saturated rings. The predicted octanol–water partition coefficient (Wildman–Crippen LogP) is 1.92. The van der Waals surface area contributed by atoms with E-state index in [4.69, 9.17) is 10.6 Å². The lowest BCUT2D eigenvalue weighted by molar-refractivity contribution is 0.115. The van der Waals surface area contributed by atoms with Gasteiger partial charge in [0, 0.05) is 25.1 Å². The van der Waals surface area contributed by atoms with Crippen LogP contribution in [-0.4, -0.2) is 35.8 Å². The van der Waals surface area contributed by atoms with Crippen LogP contribution in [0.25, 0.3) is 10.9 Å². The quantitative estimate of drug-likeness (QED) is 0.646. The van der Waals surface area contributed by atoms with E-state index >= 15 is 0 Å². The van der Waals surface area contributed by atoms with E-state index in [1.165, 1.54) is 0 Å². The van der Waals surface area contributed by atoms with Gasteiger partial charge in [0.15, 0.2) is 0 Å². The summed E-state index contributed by atoms with van der Waals surface area (Å²) in [6.07, 6.45) is 2.54. The van der Waals surface area contributed by atoms with Gasteiger partial charge in [-0.25, -0.2) is 10.8 Å². The molecule has 1 unspecified atom stereocenters. The average molecular weight is 287 g/mol. The standard InChI is InChI=1S/C15H21N5O/c1-2-20(10-11-6-5-9-21-11)14-12-7-3-4-8-13(12)17-15(18-14)19-16/h3-4,7-8,11H,2,5-6,9-10,16H2,1H3,(H,17,18,19). The van der Waals surface area contributed by atoms with Crippen LogP contribution in [0.2, 0.25) is 0 Å². The number of hydrogen-bond acceptors (Lipinski definition) is 6. The van der Waals surface area contributed by atoms with Crippen LogP contribution >= 0.6 is 0 Å². The fourth-order valence-corrected chi connectivity index (χ4v) is 2.76. The Hall–Kier alpha value is -1.92. The normalized spacial score (nSPS) is 18.1. The second-order valence-corrected chi connectivity index (χ2v) is 5.21. The van der Waals surface area contributed by atoms with Gasteiger partial charge in [0.05, 0.1) is 11.6 Å². The van der Waals surface area contributed by atoms with E-state index in [2.05, 4.69) is 27.2 Å². The number of nitrogen functional groups attached to an aromatic ring is 1. The molecule has 1 aromatic heterocycles. The Labute approximate surface area is 124 Å². The minimum Gasteiger partial charge on any atom is -0.376 e. The molecule has 3 rings (SSSR count). The second-order valence-electron chi connectivity index (χ2n) is 5.21. The Bertz CT molecular complexity index is 612. The molecule has 6 nitrogen and oxygen atoms in total.